The number of hydrogen-bond donors (Lipinski definition) is 0. The number of ether oxygens (including phenoxy) is 2. The molecule has 0 saturated carbocycles. The van der Waals surface area contributed by atoms with Crippen LogP contribution in [0, 0.1) is 0 Å². The van der Waals surface area contributed by atoms with Gasteiger partial charge in [-0.05, 0) is 19.1 Å². The van der Waals surface area contributed by atoms with Crippen molar-refractivity contribution in [3.63, 3.8) is 0 Å². The fraction of sp³-hybridized carbons (Fsp3) is 0.538. The molecule has 1 aliphatic rings. The molecule has 3 heteroatoms. The van der Waals surface area contributed by atoms with Crippen molar-refractivity contribution in [2.24, 2.45) is 0 Å². The standard InChI is InChI=1S/C13H21NO2/c1-4-6-12(7-5-2)14(8-9-15-3)10-13-11-16-13/h4-7,13H,1,8-11H2,2-3H3/b7-5-,12-6+. The van der Waals surface area contributed by atoms with Gasteiger partial charge in [0.25, 0.3) is 0 Å². The molecule has 3 nitrogen and oxygen atoms in total. The van der Waals surface area contributed by atoms with E-state index in [9.17, 15) is 0 Å². The van der Waals surface area contributed by atoms with Gasteiger partial charge >= 0.3 is 0 Å². The molecule has 90 valence electrons. The highest BCUT2D eigenvalue weighted by molar-refractivity contribution is 5.22. The molecule has 1 unspecified atom stereocenters. The first-order valence-corrected chi connectivity index (χ1v) is 5.62. The Labute approximate surface area is 98.0 Å². The molecule has 1 rings (SSSR count). The van der Waals surface area contributed by atoms with Crippen molar-refractivity contribution < 1.29 is 9.47 Å². The molecule has 0 spiro atoms. The molecule has 1 saturated heterocycles. The summed E-state index contributed by atoms with van der Waals surface area (Å²) in [5, 5.41) is 0. The second kappa shape index (κ2) is 7.25. The van der Waals surface area contributed by atoms with Crippen molar-refractivity contribution in [2.75, 3.05) is 33.4 Å². The van der Waals surface area contributed by atoms with E-state index in [0.717, 1.165) is 32.0 Å². The van der Waals surface area contributed by atoms with Crippen LogP contribution < -0.4 is 0 Å². The number of allylic oxidation sites excluding steroid dienone is 4. The van der Waals surface area contributed by atoms with Crippen molar-refractivity contribution in [1.29, 1.82) is 0 Å². The lowest BCUT2D eigenvalue weighted by molar-refractivity contribution is 0.161. The Kier molecular flexibility index (Phi) is 5.90. The zero-order chi connectivity index (χ0) is 11.8. The lowest BCUT2D eigenvalue weighted by Crippen LogP contribution is -2.30. The number of nitrogens with zero attached hydrogens (tertiary/aromatic N) is 1. The van der Waals surface area contributed by atoms with Crippen LogP contribution in [0.3, 0.4) is 0 Å². The molecule has 0 aromatic heterocycles. The average molecular weight is 223 g/mol. The summed E-state index contributed by atoms with van der Waals surface area (Å²) in [7, 11) is 1.72. The van der Waals surface area contributed by atoms with Gasteiger partial charge < -0.3 is 14.4 Å². The van der Waals surface area contributed by atoms with E-state index in [-0.39, 0.29) is 0 Å². The second-order valence-electron chi connectivity index (χ2n) is 3.72. The quantitative estimate of drug-likeness (QED) is 0.464. The van der Waals surface area contributed by atoms with E-state index < -0.39 is 0 Å². The van der Waals surface area contributed by atoms with Crippen molar-refractivity contribution in [3.8, 4) is 0 Å². The fourth-order valence-corrected chi connectivity index (χ4v) is 1.50. The van der Waals surface area contributed by atoms with Gasteiger partial charge in [0.1, 0.15) is 0 Å². The summed E-state index contributed by atoms with van der Waals surface area (Å²) < 4.78 is 10.4. The molecule has 0 amide bonds. The molecule has 0 bridgehead atoms. The largest absolute Gasteiger partial charge is 0.383 e. The van der Waals surface area contributed by atoms with E-state index in [4.69, 9.17) is 9.47 Å². The summed E-state index contributed by atoms with van der Waals surface area (Å²) >= 11 is 0. The molecule has 0 aliphatic carbocycles. The van der Waals surface area contributed by atoms with Crippen LogP contribution in [0.1, 0.15) is 6.92 Å². The van der Waals surface area contributed by atoms with Gasteiger partial charge in [0.2, 0.25) is 0 Å². The Hall–Kier alpha value is -1.06. The van der Waals surface area contributed by atoms with Gasteiger partial charge in [-0.1, -0.05) is 18.7 Å². The van der Waals surface area contributed by atoms with Gasteiger partial charge in [-0.15, -0.1) is 0 Å². The minimum absolute atomic E-state index is 0.385. The number of epoxide rings is 1. The van der Waals surface area contributed by atoms with E-state index in [2.05, 4.69) is 17.6 Å². The molecule has 1 fully saturated rings. The minimum atomic E-state index is 0.385. The number of rotatable bonds is 8. The minimum Gasteiger partial charge on any atom is -0.383 e. The van der Waals surface area contributed by atoms with Gasteiger partial charge in [-0.25, -0.2) is 0 Å². The summed E-state index contributed by atoms with van der Waals surface area (Å²) in [4.78, 5) is 2.27. The third-order valence-electron chi connectivity index (χ3n) is 2.38. The van der Waals surface area contributed by atoms with Crippen LogP contribution in [0.5, 0.6) is 0 Å². The van der Waals surface area contributed by atoms with Gasteiger partial charge in [0, 0.05) is 25.9 Å². The zero-order valence-electron chi connectivity index (χ0n) is 10.2. The second-order valence-corrected chi connectivity index (χ2v) is 3.72. The Morgan fingerprint density at radius 3 is 2.88 bits per heavy atom. The third kappa shape index (κ3) is 4.64. The maximum Gasteiger partial charge on any atom is 0.0984 e. The van der Waals surface area contributed by atoms with Crippen molar-refractivity contribution in [2.45, 2.75) is 13.0 Å². The van der Waals surface area contributed by atoms with Crippen LogP contribution >= 0.6 is 0 Å². The summed E-state index contributed by atoms with van der Waals surface area (Å²) in [6.45, 7) is 9.15. The molecule has 1 heterocycles. The van der Waals surface area contributed by atoms with E-state index in [1.54, 1.807) is 7.11 Å². The Bertz CT molecular complexity index is 267. The van der Waals surface area contributed by atoms with Gasteiger partial charge in [-0.2, -0.15) is 0 Å². The fourth-order valence-electron chi connectivity index (χ4n) is 1.50. The van der Waals surface area contributed by atoms with E-state index in [1.165, 1.54) is 0 Å². The number of methoxy groups -OCH3 is 1. The van der Waals surface area contributed by atoms with Crippen LogP contribution in [0.15, 0.2) is 36.6 Å². The summed E-state index contributed by atoms with van der Waals surface area (Å²) in [6.07, 6.45) is 8.32. The molecule has 1 atom stereocenters. The van der Waals surface area contributed by atoms with Crippen LogP contribution in [0.4, 0.5) is 0 Å². The van der Waals surface area contributed by atoms with Crippen molar-refractivity contribution >= 4 is 0 Å². The van der Waals surface area contributed by atoms with Gasteiger partial charge in [0.05, 0.1) is 19.3 Å². The molecule has 0 aromatic rings. The van der Waals surface area contributed by atoms with Crippen molar-refractivity contribution in [1.82, 2.24) is 4.90 Å². The van der Waals surface area contributed by atoms with E-state index >= 15 is 0 Å². The predicted octanol–water partition coefficient (Wildman–Crippen LogP) is 1.98. The summed E-state index contributed by atoms with van der Waals surface area (Å²) in [5.74, 6) is 0. The maximum absolute atomic E-state index is 5.27. The molecule has 0 radical (unpaired) electrons. The molecule has 1 aliphatic heterocycles. The Morgan fingerprint density at radius 2 is 2.38 bits per heavy atom. The lowest BCUT2D eigenvalue weighted by Gasteiger charge is -2.24. The smallest absolute Gasteiger partial charge is 0.0984 e. The highest BCUT2D eigenvalue weighted by atomic mass is 16.6. The summed E-state index contributed by atoms with van der Waals surface area (Å²) in [6, 6.07) is 0. The number of hydrogen-bond acceptors (Lipinski definition) is 3. The highest BCUT2D eigenvalue weighted by Gasteiger charge is 2.25. The van der Waals surface area contributed by atoms with Crippen LogP contribution in [0.25, 0.3) is 0 Å². The SMILES string of the molecule is C=C/C=C(\C=C/C)N(CCOC)CC1CO1. The topological polar surface area (TPSA) is 25.0 Å². The molecule has 0 N–H and O–H groups in total. The van der Waals surface area contributed by atoms with E-state index in [0.29, 0.717) is 6.10 Å². The van der Waals surface area contributed by atoms with Crippen molar-refractivity contribution in [3.05, 3.63) is 36.6 Å². The monoisotopic (exact) mass is 223 g/mol. The first kappa shape index (κ1) is 13.0. The Morgan fingerprint density at radius 1 is 1.62 bits per heavy atom. The molecule has 0 aromatic carbocycles. The maximum atomic E-state index is 5.27. The molecule has 16 heavy (non-hydrogen) atoms. The molecular formula is C13H21NO2. The first-order chi connectivity index (χ1) is 7.81. The van der Waals surface area contributed by atoms with Crippen LogP contribution in [0.2, 0.25) is 0 Å². The normalized spacial score (nSPS) is 20.1. The van der Waals surface area contributed by atoms with Crippen LogP contribution in [-0.2, 0) is 9.47 Å². The average Bonchev–Trinajstić information content (AvgIpc) is 3.08. The van der Waals surface area contributed by atoms with E-state index in [1.807, 2.05) is 25.2 Å². The zero-order valence-corrected chi connectivity index (χ0v) is 10.2. The molecular weight excluding hydrogens is 202 g/mol. The lowest BCUT2D eigenvalue weighted by atomic mass is 10.2. The Balaban J connectivity index is 2.61. The summed E-state index contributed by atoms with van der Waals surface area (Å²) in [5.41, 5.74) is 1.16. The van der Waals surface area contributed by atoms with Crippen LogP contribution in [-0.4, -0.2) is 44.4 Å². The highest BCUT2D eigenvalue weighted by Crippen LogP contribution is 2.15. The first-order valence-electron chi connectivity index (χ1n) is 5.62. The third-order valence-corrected chi connectivity index (χ3v) is 2.38. The predicted molar refractivity (Wildman–Crippen MR) is 66.3 cm³/mol. The van der Waals surface area contributed by atoms with Gasteiger partial charge in [-0.3, -0.25) is 0 Å². The van der Waals surface area contributed by atoms with Gasteiger partial charge in [0.15, 0.2) is 0 Å².